The zero-order valence-corrected chi connectivity index (χ0v) is 9.53. The van der Waals surface area contributed by atoms with Gasteiger partial charge in [-0.1, -0.05) is 6.08 Å². The molecule has 0 fully saturated rings. The highest BCUT2D eigenvalue weighted by atomic mass is 32.1. The number of fused-ring (bicyclic) bond motifs is 3. The molecule has 0 spiro atoms. The van der Waals surface area contributed by atoms with Gasteiger partial charge in [0.05, 0.1) is 0 Å². The van der Waals surface area contributed by atoms with E-state index in [1.807, 2.05) is 17.4 Å². The summed E-state index contributed by atoms with van der Waals surface area (Å²) in [5, 5.41) is 1.36. The lowest BCUT2D eigenvalue weighted by Crippen LogP contribution is -1.93. The molecule has 1 nitrogen and oxygen atoms in total. The zero-order valence-electron chi connectivity index (χ0n) is 8.71. The summed E-state index contributed by atoms with van der Waals surface area (Å²) in [7, 11) is 0. The first-order chi connectivity index (χ1) is 7.25. The average Bonchev–Trinajstić information content (AvgIpc) is 2.58. The Labute approximate surface area is 93.2 Å². The highest BCUT2D eigenvalue weighted by Gasteiger charge is 2.15. The van der Waals surface area contributed by atoms with Gasteiger partial charge in [0.15, 0.2) is 0 Å². The maximum atomic E-state index is 5.84. The van der Waals surface area contributed by atoms with Gasteiger partial charge in [0.25, 0.3) is 0 Å². The van der Waals surface area contributed by atoms with E-state index in [1.165, 1.54) is 32.5 Å². The van der Waals surface area contributed by atoms with Crippen molar-refractivity contribution in [2.75, 3.05) is 5.73 Å². The summed E-state index contributed by atoms with van der Waals surface area (Å²) in [6.45, 7) is 2.21. The van der Waals surface area contributed by atoms with Crippen LogP contribution >= 0.6 is 11.3 Å². The summed E-state index contributed by atoms with van der Waals surface area (Å²) < 4.78 is 1.36. The highest BCUT2D eigenvalue weighted by Crippen LogP contribution is 2.39. The van der Waals surface area contributed by atoms with Crippen LogP contribution in [0, 0.1) is 0 Å². The quantitative estimate of drug-likeness (QED) is 0.664. The minimum absolute atomic E-state index is 0.871. The minimum atomic E-state index is 0.871. The second-order valence-electron chi connectivity index (χ2n) is 4.09. The maximum Gasteiger partial charge on any atom is 0.0353 e. The largest absolute Gasteiger partial charge is 0.399 e. The molecular formula is C13H13NS. The Balaban J connectivity index is 2.38. The van der Waals surface area contributed by atoms with Crippen LogP contribution in [0.4, 0.5) is 5.69 Å². The Morgan fingerprint density at radius 1 is 1.33 bits per heavy atom. The Morgan fingerprint density at radius 2 is 2.20 bits per heavy atom. The van der Waals surface area contributed by atoms with Gasteiger partial charge >= 0.3 is 0 Å². The van der Waals surface area contributed by atoms with Crippen LogP contribution < -0.4 is 5.73 Å². The second-order valence-corrected chi connectivity index (χ2v) is 5.14. The summed E-state index contributed by atoms with van der Waals surface area (Å²) >= 11 is 1.89. The number of allylic oxidation sites excluding steroid dienone is 2. The molecule has 0 bridgehead atoms. The van der Waals surface area contributed by atoms with Gasteiger partial charge in [0, 0.05) is 15.3 Å². The Kier molecular flexibility index (Phi) is 1.86. The summed E-state index contributed by atoms with van der Waals surface area (Å²) in [6, 6.07) is 6.24. The molecule has 1 heterocycles. The summed E-state index contributed by atoms with van der Waals surface area (Å²) in [4.78, 5) is 1.46. The molecule has 0 aliphatic heterocycles. The first kappa shape index (κ1) is 8.98. The first-order valence-corrected chi connectivity index (χ1v) is 6.05. The number of anilines is 1. The number of benzene rings is 1. The third-order valence-electron chi connectivity index (χ3n) is 3.02. The Hall–Kier alpha value is -1.28. The fraction of sp³-hybridized carbons (Fsp3) is 0.231. The molecule has 3 rings (SSSR count). The van der Waals surface area contributed by atoms with Gasteiger partial charge < -0.3 is 5.73 Å². The van der Waals surface area contributed by atoms with Gasteiger partial charge in [-0.2, -0.15) is 0 Å². The number of hydrogen-bond donors (Lipinski definition) is 1. The van der Waals surface area contributed by atoms with Crippen LogP contribution in [0.25, 0.3) is 15.7 Å². The molecule has 0 saturated heterocycles. The van der Waals surface area contributed by atoms with E-state index in [-0.39, 0.29) is 0 Å². The molecular weight excluding hydrogens is 202 g/mol. The van der Waals surface area contributed by atoms with Crippen molar-refractivity contribution in [3.63, 3.8) is 0 Å². The van der Waals surface area contributed by atoms with Crippen molar-refractivity contribution in [2.45, 2.75) is 19.8 Å². The van der Waals surface area contributed by atoms with E-state index in [0.717, 1.165) is 12.1 Å². The summed E-state index contributed by atoms with van der Waals surface area (Å²) in [5.74, 6) is 0. The number of nitrogen functional groups attached to an aromatic ring is 1. The van der Waals surface area contributed by atoms with Crippen molar-refractivity contribution < 1.29 is 0 Å². The highest BCUT2D eigenvalue weighted by molar-refractivity contribution is 7.20. The van der Waals surface area contributed by atoms with Gasteiger partial charge in [-0.3, -0.25) is 0 Å². The van der Waals surface area contributed by atoms with Gasteiger partial charge in [-0.05, 0) is 54.5 Å². The molecule has 0 atom stereocenters. The van der Waals surface area contributed by atoms with E-state index in [4.69, 9.17) is 5.73 Å². The molecule has 15 heavy (non-hydrogen) atoms. The van der Waals surface area contributed by atoms with Crippen molar-refractivity contribution in [2.24, 2.45) is 0 Å². The van der Waals surface area contributed by atoms with Crippen molar-refractivity contribution in [3.8, 4) is 0 Å². The van der Waals surface area contributed by atoms with Crippen LogP contribution in [0.15, 0.2) is 24.3 Å². The van der Waals surface area contributed by atoms with Crippen molar-refractivity contribution in [1.29, 1.82) is 0 Å². The SMILES string of the molecule is CC1=CCCc2c1sc1ccc(N)cc21. The molecule has 0 saturated carbocycles. The van der Waals surface area contributed by atoms with Crippen molar-refractivity contribution in [3.05, 3.63) is 34.7 Å². The Bertz CT molecular complexity index is 563. The molecule has 0 radical (unpaired) electrons. The van der Waals surface area contributed by atoms with Crippen LogP contribution in [0.1, 0.15) is 23.8 Å². The Morgan fingerprint density at radius 3 is 3.07 bits per heavy atom. The molecule has 2 heteroatoms. The number of aryl methyl sites for hydroxylation is 1. The molecule has 2 N–H and O–H groups in total. The molecule has 0 unspecified atom stereocenters. The van der Waals surface area contributed by atoms with E-state index >= 15 is 0 Å². The van der Waals surface area contributed by atoms with E-state index in [1.54, 1.807) is 0 Å². The number of nitrogens with two attached hydrogens (primary N) is 1. The normalized spacial score (nSPS) is 15.1. The third-order valence-corrected chi connectivity index (χ3v) is 4.37. The van der Waals surface area contributed by atoms with E-state index in [0.29, 0.717) is 0 Å². The molecule has 1 aromatic carbocycles. The number of rotatable bonds is 0. The van der Waals surface area contributed by atoms with E-state index in [2.05, 4.69) is 25.1 Å². The standard InChI is InChI=1S/C13H13NS/c1-8-3-2-4-10-11-7-9(14)5-6-12(11)15-13(8)10/h3,5-7H,2,4,14H2,1H3. The van der Waals surface area contributed by atoms with Crippen LogP contribution in [0.2, 0.25) is 0 Å². The number of thiophene rings is 1. The van der Waals surface area contributed by atoms with Crippen molar-refractivity contribution >= 4 is 32.7 Å². The van der Waals surface area contributed by atoms with E-state index in [9.17, 15) is 0 Å². The molecule has 1 aliphatic rings. The molecule has 1 aromatic heterocycles. The van der Waals surface area contributed by atoms with Gasteiger partial charge in [0.2, 0.25) is 0 Å². The lowest BCUT2D eigenvalue weighted by atomic mass is 9.97. The monoisotopic (exact) mass is 215 g/mol. The molecule has 76 valence electrons. The third kappa shape index (κ3) is 1.29. The lowest BCUT2D eigenvalue weighted by molar-refractivity contribution is 0.996. The van der Waals surface area contributed by atoms with Crippen molar-refractivity contribution in [1.82, 2.24) is 0 Å². The van der Waals surface area contributed by atoms with Crippen LogP contribution in [0.5, 0.6) is 0 Å². The predicted octanol–water partition coefficient (Wildman–Crippen LogP) is 3.83. The molecule has 1 aliphatic carbocycles. The number of hydrogen-bond acceptors (Lipinski definition) is 2. The van der Waals surface area contributed by atoms with E-state index < -0.39 is 0 Å². The summed E-state index contributed by atoms with van der Waals surface area (Å²) in [6.07, 6.45) is 4.66. The topological polar surface area (TPSA) is 26.0 Å². The minimum Gasteiger partial charge on any atom is -0.399 e. The van der Waals surface area contributed by atoms with Crippen LogP contribution in [0.3, 0.4) is 0 Å². The second kappa shape index (κ2) is 3.11. The van der Waals surface area contributed by atoms with Gasteiger partial charge in [-0.15, -0.1) is 11.3 Å². The fourth-order valence-corrected chi connectivity index (χ4v) is 3.49. The lowest BCUT2D eigenvalue weighted by Gasteiger charge is -2.09. The average molecular weight is 215 g/mol. The predicted molar refractivity (Wildman–Crippen MR) is 68.2 cm³/mol. The van der Waals surface area contributed by atoms with Gasteiger partial charge in [-0.25, -0.2) is 0 Å². The first-order valence-electron chi connectivity index (χ1n) is 5.24. The zero-order chi connectivity index (χ0) is 10.4. The molecule has 2 aromatic rings. The smallest absolute Gasteiger partial charge is 0.0353 e. The fourth-order valence-electron chi connectivity index (χ4n) is 2.26. The van der Waals surface area contributed by atoms with Crippen LogP contribution in [-0.2, 0) is 6.42 Å². The maximum absolute atomic E-state index is 5.84. The van der Waals surface area contributed by atoms with Gasteiger partial charge in [0.1, 0.15) is 0 Å². The summed E-state index contributed by atoms with van der Waals surface area (Å²) in [5.41, 5.74) is 9.64. The van der Waals surface area contributed by atoms with Crippen LogP contribution in [-0.4, -0.2) is 0 Å². The molecule has 0 amide bonds.